The molecule has 0 fully saturated rings. The second-order valence-corrected chi connectivity index (χ2v) is 8.29. The summed E-state index contributed by atoms with van der Waals surface area (Å²) in [4.78, 5) is 0. The summed E-state index contributed by atoms with van der Waals surface area (Å²) in [6.07, 6.45) is 2.28. The zero-order valence-electron chi connectivity index (χ0n) is 18.7. The van der Waals surface area contributed by atoms with Gasteiger partial charge in [0.2, 0.25) is 0 Å². The molecule has 0 aromatic heterocycles. The minimum Gasteiger partial charge on any atom is -0.355 e. The van der Waals surface area contributed by atoms with Gasteiger partial charge in [-0.2, -0.15) is 0 Å². The summed E-state index contributed by atoms with van der Waals surface area (Å²) >= 11 is 0. The minimum absolute atomic E-state index is 1.09. The molecular formula is C30H29N. The number of nitrogens with one attached hydrogen (secondary N) is 1. The highest BCUT2D eigenvalue weighted by Crippen LogP contribution is 2.28. The van der Waals surface area contributed by atoms with Crippen LogP contribution in [0.25, 0.3) is 11.6 Å². The molecule has 0 unspecified atom stereocenters. The van der Waals surface area contributed by atoms with Gasteiger partial charge in [-0.15, -0.1) is 0 Å². The van der Waals surface area contributed by atoms with Crippen LogP contribution in [0.4, 0.5) is 11.4 Å². The van der Waals surface area contributed by atoms with Crippen molar-refractivity contribution in [1.29, 1.82) is 0 Å². The third-order valence-electron chi connectivity index (χ3n) is 5.79. The molecule has 0 bridgehead atoms. The van der Waals surface area contributed by atoms with E-state index in [4.69, 9.17) is 0 Å². The highest BCUT2D eigenvalue weighted by atomic mass is 14.9. The predicted molar refractivity (Wildman–Crippen MR) is 135 cm³/mol. The van der Waals surface area contributed by atoms with Gasteiger partial charge >= 0.3 is 0 Å². The molecule has 1 N–H and O–H groups in total. The lowest BCUT2D eigenvalue weighted by Crippen LogP contribution is -1.94. The molecule has 0 heterocycles. The van der Waals surface area contributed by atoms with Crippen molar-refractivity contribution in [2.45, 2.75) is 27.7 Å². The van der Waals surface area contributed by atoms with Crippen LogP contribution in [0.15, 0.2) is 91.0 Å². The second-order valence-electron chi connectivity index (χ2n) is 8.29. The maximum absolute atomic E-state index is 3.54. The Labute approximate surface area is 186 Å². The van der Waals surface area contributed by atoms with E-state index in [1.807, 2.05) is 0 Å². The Balaban J connectivity index is 1.66. The molecule has 0 aliphatic heterocycles. The molecule has 0 spiro atoms. The Kier molecular flexibility index (Phi) is 6.04. The standard InChI is InChI=1S/C30H29N/c1-21-10-17-30(24(4)18-21)31-28-15-12-25(13-16-28)20-29(26-8-6-5-7-9-26)27-14-11-22(2)23(3)19-27/h5-20,31H,1-4H3/b29-20-. The largest absolute Gasteiger partial charge is 0.355 e. The molecule has 31 heavy (non-hydrogen) atoms. The van der Waals surface area contributed by atoms with Crippen LogP contribution in [-0.4, -0.2) is 0 Å². The van der Waals surface area contributed by atoms with Crippen LogP contribution in [0, 0.1) is 27.7 Å². The van der Waals surface area contributed by atoms with Crippen molar-refractivity contribution >= 4 is 23.0 Å². The zero-order chi connectivity index (χ0) is 21.8. The molecule has 0 aliphatic rings. The van der Waals surface area contributed by atoms with Crippen molar-refractivity contribution in [3.8, 4) is 0 Å². The third-order valence-corrected chi connectivity index (χ3v) is 5.79. The van der Waals surface area contributed by atoms with Gasteiger partial charge < -0.3 is 5.32 Å². The average Bonchev–Trinajstić information content (AvgIpc) is 2.78. The number of benzene rings is 4. The minimum atomic E-state index is 1.09. The molecule has 1 heteroatoms. The fourth-order valence-electron chi connectivity index (χ4n) is 3.80. The topological polar surface area (TPSA) is 12.0 Å². The molecule has 1 nitrogen and oxygen atoms in total. The Morgan fingerprint density at radius 2 is 1.35 bits per heavy atom. The van der Waals surface area contributed by atoms with Crippen molar-refractivity contribution in [3.63, 3.8) is 0 Å². The van der Waals surface area contributed by atoms with Gasteiger partial charge in [-0.05, 0) is 90.9 Å². The van der Waals surface area contributed by atoms with Gasteiger partial charge in [-0.1, -0.05) is 78.4 Å². The normalized spacial score (nSPS) is 11.4. The first-order chi connectivity index (χ1) is 15.0. The van der Waals surface area contributed by atoms with Crippen LogP contribution >= 0.6 is 0 Å². The number of hydrogen-bond donors (Lipinski definition) is 1. The molecule has 4 aromatic rings. The van der Waals surface area contributed by atoms with Crippen molar-refractivity contribution < 1.29 is 0 Å². The van der Waals surface area contributed by atoms with Gasteiger partial charge in [-0.25, -0.2) is 0 Å². The van der Waals surface area contributed by atoms with Gasteiger partial charge in [0.1, 0.15) is 0 Å². The van der Waals surface area contributed by atoms with E-state index in [2.05, 4.69) is 130 Å². The fraction of sp³-hybridized carbons (Fsp3) is 0.133. The van der Waals surface area contributed by atoms with Crippen molar-refractivity contribution in [1.82, 2.24) is 0 Å². The number of hydrogen-bond acceptors (Lipinski definition) is 1. The van der Waals surface area contributed by atoms with Crippen molar-refractivity contribution in [2.24, 2.45) is 0 Å². The molecule has 4 aromatic carbocycles. The summed E-state index contributed by atoms with van der Waals surface area (Å²) in [7, 11) is 0. The quantitative estimate of drug-likeness (QED) is 0.331. The van der Waals surface area contributed by atoms with E-state index in [9.17, 15) is 0 Å². The fourth-order valence-corrected chi connectivity index (χ4v) is 3.80. The third kappa shape index (κ3) is 4.95. The van der Waals surface area contributed by atoms with Crippen LogP contribution in [0.5, 0.6) is 0 Å². The molecule has 0 radical (unpaired) electrons. The lowest BCUT2D eigenvalue weighted by Gasteiger charge is -2.12. The molecule has 0 amide bonds. The van der Waals surface area contributed by atoms with E-state index in [1.165, 1.54) is 44.5 Å². The SMILES string of the molecule is Cc1ccc(Nc2ccc(/C=C(/c3ccccc3)c3ccc(C)c(C)c3)cc2)c(C)c1. The molecular weight excluding hydrogens is 374 g/mol. The predicted octanol–water partition coefficient (Wildman–Crippen LogP) is 8.25. The monoisotopic (exact) mass is 403 g/mol. The highest BCUT2D eigenvalue weighted by molar-refractivity contribution is 5.91. The molecule has 0 saturated heterocycles. The van der Waals surface area contributed by atoms with Gasteiger partial charge in [-0.3, -0.25) is 0 Å². The van der Waals surface area contributed by atoms with Gasteiger partial charge in [0.15, 0.2) is 0 Å². The summed E-state index contributed by atoms with van der Waals surface area (Å²) in [6, 6.07) is 32.5. The van der Waals surface area contributed by atoms with E-state index >= 15 is 0 Å². The van der Waals surface area contributed by atoms with Gasteiger partial charge in [0.05, 0.1) is 0 Å². The van der Waals surface area contributed by atoms with Crippen LogP contribution in [-0.2, 0) is 0 Å². The lowest BCUT2D eigenvalue weighted by atomic mass is 9.93. The van der Waals surface area contributed by atoms with E-state index < -0.39 is 0 Å². The van der Waals surface area contributed by atoms with Gasteiger partial charge in [0.25, 0.3) is 0 Å². The van der Waals surface area contributed by atoms with Crippen LogP contribution < -0.4 is 5.32 Å². The van der Waals surface area contributed by atoms with Crippen molar-refractivity contribution in [3.05, 3.63) is 130 Å². The van der Waals surface area contributed by atoms with Gasteiger partial charge in [0, 0.05) is 11.4 Å². The summed E-state index contributed by atoms with van der Waals surface area (Å²) in [5.41, 5.74) is 12.3. The summed E-state index contributed by atoms with van der Waals surface area (Å²) in [5.74, 6) is 0. The molecule has 0 aliphatic carbocycles. The summed E-state index contributed by atoms with van der Waals surface area (Å²) in [6.45, 7) is 8.60. The molecule has 0 saturated carbocycles. The Bertz CT molecular complexity index is 1220. The van der Waals surface area contributed by atoms with E-state index in [1.54, 1.807) is 0 Å². The first-order valence-corrected chi connectivity index (χ1v) is 10.8. The average molecular weight is 404 g/mol. The Morgan fingerprint density at radius 1 is 0.613 bits per heavy atom. The van der Waals surface area contributed by atoms with Crippen molar-refractivity contribution in [2.75, 3.05) is 5.32 Å². The maximum Gasteiger partial charge on any atom is 0.0414 e. The van der Waals surface area contributed by atoms with E-state index in [-0.39, 0.29) is 0 Å². The maximum atomic E-state index is 3.54. The first-order valence-electron chi connectivity index (χ1n) is 10.8. The van der Waals surface area contributed by atoms with E-state index in [0.29, 0.717) is 0 Å². The van der Waals surface area contributed by atoms with Crippen LogP contribution in [0.3, 0.4) is 0 Å². The van der Waals surface area contributed by atoms with Crippen LogP contribution in [0.2, 0.25) is 0 Å². The number of rotatable bonds is 5. The summed E-state index contributed by atoms with van der Waals surface area (Å²) in [5, 5.41) is 3.54. The lowest BCUT2D eigenvalue weighted by molar-refractivity contribution is 1.33. The molecule has 4 rings (SSSR count). The molecule has 154 valence electrons. The van der Waals surface area contributed by atoms with E-state index in [0.717, 1.165) is 11.4 Å². The Hall–Kier alpha value is -3.58. The zero-order valence-corrected chi connectivity index (χ0v) is 18.7. The smallest absolute Gasteiger partial charge is 0.0414 e. The summed E-state index contributed by atoms with van der Waals surface area (Å²) < 4.78 is 0. The first kappa shape index (κ1) is 20.7. The highest BCUT2D eigenvalue weighted by Gasteiger charge is 2.07. The number of anilines is 2. The number of aryl methyl sites for hydroxylation is 4. The Morgan fingerprint density at radius 3 is 2.03 bits per heavy atom. The molecule has 0 atom stereocenters. The van der Waals surface area contributed by atoms with Crippen LogP contribution in [0.1, 0.15) is 38.9 Å². The second kappa shape index (κ2) is 9.06.